The Balaban J connectivity index is 2.06. The summed E-state index contributed by atoms with van der Waals surface area (Å²) in [5.74, 6) is 0.829. The van der Waals surface area contributed by atoms with Crippen LogP contribution in [0, 0.1) is 0 Å². The molecule has 138 valence electrons. The fourth-order valence-corrected chi connectivity index (χ4v) is 2.56. The predicted molar refractivity (Wildman–Crippen MR) is 108 cm³/mol. The number of allylic oxidation sites excluding steroid dienone is 1. The molecule has 0 radical (unpaired) electrons. The Morgan fingerprint density at radius 2 is 1.77 bits per heavy atom. The van der Waals surface area contributed by atoms with Crippen molar-refractivity contribution in [3.63, 3.8) is 0 Å². The third kappa shape index (κ3) is 6.47. The lowest BCUT2D eigenvalue weighted by Crippen LogP contribution is -2.19. The molecule has 26 heavy (non-hydrogen) atoms. The van der Waals surface area contributed by atoms with E-state index in [1.54, 1.807) is 6.08 Å². The van der Waals surface area contributed by atoms with Crippen molar-refractivity contribution in [2.75, 3.05) is 41.3 Å². The van der Waals surface area contributed by atoms with Crippen molar-refractivity contribution in [1.82, 2.24) is 9.80 Å². The van der Waals surface area contributed by atoms with E-state index in [0.717, 1.165) is 35.5 Å². The topological polar surface area (TPSA) is 32.8 Å². The van der Waals surface area contributed by atoms with Crippen molar-refractivity contribution in [1.29, 1.82) is 0 Å². The van der Waals surface area contributed by atoms with Crippen molar-refractivity contribution in [3.8, 4) is 5.75 Å². The Bertz CT molecular complexity index is 751. The first-order chi connectivity index (χ1) is 12.5. The summed E-state index contributed by atoms with van der Waals surface area (Å²) in [6.45, 7) is 2.24. The fraction of sp³-hybridized carbons (Fsp3) is 0.318. The number of ether oxygens (including phenoxy) is 1. The van der Waals surface area contributed by atoms with Crippen LogP contribution < -0.4 is 4.74 Å². The highest BCUT2D eigenvalue weighted by Crippen LogP contribution is 2.16. The number of carbonyl (C=O) groups is 1. The highest BCUT2D eigenvalue weighted by molar-refractivity contribution is 6.07. The van der Waals surface area contributed by atoms with Gasteiger partial charge in [0.25, 0.3) is 0 Å². The summed E-state index contributed by atoms with van der Waals surface area (Å²) in [5.41, 5.74) is 2.73. The molecule has 0 unspecified atom stereocenters. The summed E-state index contributed by atoms with van der Waals surface area (Å²) in [5, 5.41) is 0. The maximum atomic E-state index is 12.6. The second kappa shape index (κ2) is 9.90. The van der Waals surface area contributed by atoms with Gasteiger partial charge < -0.3 is 14.5 Å². The van der Waals surface area contributed by atoms with Crippen LogP contribution >= 0.6 is 0 Å². The molecule has 0 fully saturated rings. The molecular formula is C22H28N2O2. The second-order valence-corrected chi connectivity index (χ2v) is 6.82. The van der Waals surface area contributed by atoms with Gasteiger partial charge in [0.15, 0.2) is 5.78 Å². The molecule has 2 aromatic carbocycles. The molecule has 0 aliphatic carbocycles. The molecule has 0 amide bonds. The van der Waals surface area contributed by atoms with E-state index >= 15 is 0 Å². The molecule has 4 heteroatoms. The first-order valence-corrected chi connectivity index (χ1v) is 8.78. The molecule has 0 N–H and O–H groups in total. The van der Waals surface area contributed by atoms with Crippen LogP contribution in [-0.2, 0) is 6.54 Å². The number of hydrogen-bond acceptors (Lipinski definition) is 4. The zero-order valence-electron chi connectivity index (χ0n) is 16.1. The van der Waals surface area contributed by atoms with Gasteiger partial charge in [-0.15, -0.1) is 0 Å². The van der Waals surface area contributed by atoms with Crippen LogP contribution in [0.3, 0.4) is 0 Å². The van der Waals surface area contributed by atoms with E-state index in [1.165, 1.54) is 0 Å². The maximum Gasteiger partial charge on any atom is 0.186 e. The minimum absolute atomic E-state index is 0.0152. The standard InChI is InChI=1S/C22H28N2O2/c1-23(2)14-15-26-20-10-7-8-18(16-20)12-13-22(25)21-11-6-5-9-19(21)17-24(3)4/h5-13,16H,14-15,17H2,1-4H3. The Labute approximate surface area is 156 Å². The number of ketones is 1. The SMILES string of the molecule is CN(C)CCOc1cccc(C=CC(=O)c2ccccc2CN(C)C)c1. The van der Waals surface area contributed by atoms with E-state index in [9.17, 15) is 4.79 Å². The smallest absolute Gasteiger partial charge is 0.186 e. The van der Waals surface area contributed by atoms with E-state index in [-0.39, 0.29) is 5.78 Å². The van der Waals surface area contributed by atoms with E-state index in [1.807, 2.05) is 82.8 Å². The summed E-state index contributed by atoms with van der Waals surface area (Å²) < 4.78 is 5.75. The van der Waals surface area contributed by atoms with Crippen LogP contribution in [0.1, 0.15) is 21.5 Å². The summed E-state index contributed by atoms with van der Waals surface area (Å²) in [4.78, 5) is 16.7. The molecule has 2 aromatic rings. The van der Waals surface area contributed by atoms with Gasteiger partial charge in [-0.2, -0.15) is 0 Å². The zero-order valence-corrected chi connectivity index (χ0v) is 16.1. The minimum atomic E-state index is 0.0152. The van der Waals surface area contributed by atoms with Gasteiger partial charge in [-0.25, -0.2) is 0 Å². The molecule has 0 heterocycles. The average Bonchev–Trinajstić information content (AvgIpc) is 2.60. The van der Waals surface area contributed by atoms with Crippen LogP contribution in [0.15, 0.2) is 54.6 Å². The molecule has 0 aliphatic heterocycles. The number of carbonyl (C=O) groups excluding carboxylic acids is 1. The third-order valence-corrected chi connectivity index (χ3v) is 3.86. The molecule has 0 saturated heterocycles. The number of nitrogens with zero attached hydrogens (tertiary/aromatic N) is 2. The summed E-state index contributed by atoms with van der Waals surface area (Å²) in [6.07, 6.45) is 3.47. The van der Waals surface area contributed by atoms with Crippen LogP contribution in [0.5, 0.6) is 5.75 Å². The number of benzene rings is 2. The predicted octanol–water partition coefficient (Wildman–Crippen LogP) is 3.58. The van der Waals surface area contributed by atoms with Gasteiger partial charge in [-0.3, -0.25) is 4.79 Å². The maximum absolute atomic E-state index is 12.6. The van der Waals surface area contributed by atoms with Crippen LogP contribution in [0.2, 0.25) is 0 Å². The van der Waals surface area contributed by atoms with E-state index in [0.29, 0.717) is 6.61 Å². The first-order valence-electron chi connectivity index (χ1n) is 8.78. The van der Waals surface area contributed by atoms with Gasteiger partial charge in [0.05, 0.1) is 0 Å². The van der Waals surface area contributed by atoms with Gasteiger partial charge in [-0.05, 0) is 57.5 Å². The van der Waals surface area contributed by atoms with E-state index < -0.39 is 0 Å². The van der Waals surface area contributed by atoms with E-state index in [2.05, 4.69) is 9.80 Å². The Morgan fingerprint density at radius 3 is 2.50 bits per heavy atom. The van der Waals surface area contributed by atoms with Gasteiger partial charge in [-0.1, -0.05) is 42.5 Å². The molecule has 0 aliphatic rings. The molecule has 2 rings (SSSR count). The Hall–Kier alpha value is -2.43. The lowest BCUT2D eigenvalue weighted by atomic mass is 10.0. The van der Waals surface area contributed by atoms with Crippen LogP contribution in [-0.4, -0.2) is 56.9 Å². The second-order valence-electron chi connectivity index (χ2n) is 6.82. The van der Waals surface area contributed by atoms with Gasteiger partial charge in [0, 0.05) is 18.7 Å². The van der Waals surface area contributed by atoms with Crippen molar-refractivity contribution < 1.29 is 9.53 Å². The molecule has 0 atom stereocenters. The van der Waals surface area contributed by atoms with Crippen molar-refractivity contribution in [3.05, 3.63) is 71.3 Å². The normalized spacial score (nSPS) is 11.5. The number of rotatable bonds is 9. The third-order valence-electron chi connectivity index (χ3n) is 3.86. The monoisotopic (exact) mass is 352 g/mol. The first kappa shape index (κ1) is 19.9. The molecular weight excluding hydrogens is 324 g/mol. The highest BCUT2D eigenvalue weighted by atomic mass is 16.5. The van der Waals surface area contributed by atoms with Crippen molar-refractivity contribution in [2.24, 2.45) is 0 Å². The lowest BCUT2D eigenvalue weighted by molar-refractivity contribution is 0.104. The van der Waals surface area contributed by atoms with Crippen LogP contribution in [0.4, 0.5) is 0 Å². The number of hydrogen-bond donors (Lipinski definition) is 0. The van der Waals surface area contributed by atoms with Gasteiger partial charge >= 0.3 is 0 Å². The summed E-state index contributed by atoms with van der Waals surface area (Å²) in [6, 6.07) is 15.5. The van der Waals surface area contributed by atoms with Crippen LogP contribution in [0.25, 0.3) is 6.08 Å². The molecule has 0 aromatic heterocycles. The Kier molecular flexibility index (Phi) is 7.57. The lowest BCUT2D eigenvalue weighted by Gasteiger charge is -2.12. The van der Waals surface area contributed by atoms with E-state index in [4.69, 9.17) is 4.74 Å². The molecule has 4 nitrogen and oxygen atoms in total. The Morgan fingerprint density at radius 1 is 1.00 bits per heavy atom. The van der Waals surface area contributed by atoms with Gasteiger partial charge in [0.1, 0.15) is 12.4 Å². The summed E-state index contributed by atoms with van der Waals surface area (Å²) >= 11 is 0. The average molecular weight is 352 g/mol. The zero-order chi connectivity index (χ0) is 18.9. The fourth-order valence-electron chi connectivity index (χ4n) is 2.56. The minimum Gasteiger partial charge on any atom is -0.492 e. The number of likely N-dealkylation sites (N-methyl/N-ethyl adjacent to an activating group) is 1. The van der Waals surface area contributed by atoms with Gasteiger partial charge in [0.2, 0.25) is 0 Å². The largest absolute Gasteiger partial charge is 0.492 e. The van der Waals surface area contributed by atoms with Crippen molar-refractivity contribution >= 4 is 11.9 Å². The van der Waals surface area contributed by atoms with Crippen molar-refractivity contribution in [2.45, 2.75) is 6.54 Å². The molecule has 0 bridgehead atoms. The summed E-state index contributed by atoms with van der Waals surface area (Å²) in [7, 11) is 8.03. The quantitative estimate of drug-likeness (QED) is 0.510. The molecule has 0 saturated carbocycles. The highest BCUT2D eigenvalue weighted by Gasteiger charge is 2.08. The molecule has 0 spiro atoms.